The van der Waals surface area contributed by atoms with Crippen LogP contribution in [0.15, 0.2) is 29.6 Å². The summed E-state index contributed by atoms with van der Waals surface area (Å²) in [6.45, 7) is 17.7. The van der Waals surface area contributed by atoms with Crippen molar-refractivity contribution in [2.45, 2.75) is 237 Å². The Labute approximate surface area is 474 Å². The zero-order valence-corrected chi connectivity index (χ0v) is 49.5. The molecular weight excluding hydrogens is 1000 g/mol. The first-order valence-corrected chi connectivity index (χ1v) is 31.9. The number of aromatic nitrogens is 2. The summed E-state index contributed by atoms with van der Waals surface area (Å²) >= 11 is 0. The summed E-state index contributed by atoms with van der Waals surface area (Å²) < 4.78 is 14.4. The van der Waals surface area contributed by atoms with Crippen LogP contribution in [-0.4, -0.2) is 104 Å². The van der Waals surface area contributed by atoms with Crippen molar-refractivity contribution in [1.82, 2.24) is 14.9 Å². The van der Waals surface area contributed by atoms with Gasteiger partial charge in [-0.05, 0) is 202 Å². The number of Topliss-reactive ketones (excluding diaryl/α,β-unsaturated/α-hetero) is 3. The molecule has 6 N–H and O–H groups in total. The van der Waals surface area contributed by atoms with Crippen molar-refractivity contribution in [2.24, 2.45) is 56.2 Å². The fourth-order valence-electron chi connectivity index (χ4n) is 22.3. The molecule has 12 nitrogen and oxygen atoms in total. The predicted molar refractivity (Wildman–Crippen MR) is 306 cm³/mol. The molecule has 11 aliphatic rings. The third kappa shape index (κ3) is 7.32. The molecule has 16 unspecified atom stereocenters. The first-order valence-electron chi connectivity index (χ1n) is 31.9. The summed E-state index contributed by atoms with van der Waals surface area (Å²) in [5.74, 6) is 0.157. The zero-order chi connectivity index (χ0) is 56.1. The maximum atomic E-state index is 15.9. The topological polar surface area (TPSA) is 187 Å². The van der Waals surface area contributed by atoms with Gasteiger partial charge in [-0.1, -0.05) is 53.5 Å². The number of nitrogens with zero attached hydrogens (tertiary/aromatic N) is 1. The monoisotopic (exact) mass is 1100 g/mol. The smallest absolute Gasteiger partial charge is 0.160 e. The molecular formula is C68H93N3O9. The van der Waals surface area contributed by atoms with Crippen LogP contribution in [0.3, 0.4) is 0 Å². The van der Waals surface area contributed by atoms with Crippen LogP contribution in [0.1, 0.15) is 215 Å². The van der Waals surface area contributed by atoms with Gasteiger partial charge in [0.25, 0.3) is 0 Å². The van der Waals surface area contributed by atoms with Crippen molar-refractivity contribution < 1.29 is 44.3 Å². The molecule has 0 bridgehead atoms. The second-order valence-corrected chi connectivity index (χ2v) is 30.5. The van der Waals surface area contributed by atoms with Crippen LogP contribution in [-0.2, 0) is 55.3 Å². The Kier molecular flexibility index (Phi) is 12.4. The van der Waals surface area contributed by atoms with Crippen LogP contribution >= 0.6 is 0 Å². The second-order valence-electron chi connectivity index (χ2n) is 30.5. The minimum absolute atomic E-state index is 0.0487. The first-order chi connectivity index (χ1) is 38.0. The molecule has 7 fully saturated rings. The lowest BCUT2D eigenvalue weighted by Crippen LogP contribution is -2.72. The van der Waals surface area contributed by atoms with Crippen molar-refractivity contribution in [3.8, 4) is 0 Å². The number of aliphatic hydroxyl groups excluding tert-OH is 3. The van der Waals surface area contributed by atoms with E-state index in [4.69, 9.17) is 9.47 Å². The van der Waals surface area contributed by atoms with Gasteiger partial charge in [0.1, 0.15) is 17.7 Å². The summed E-state index contributed by atoms with van der Waals surface area (Å²) in [4.78, 5) is 50.0. The van der Waals surface area contributed by atoms with Crippen molar-refractivity contribution in [3.63, 3.8) is 0 Å². The molecule has 0 amide bonds. The summed E-state index contributed by atoms with van der Waals surface area (Å²) in [6, 6.07) is 2.44. The molecule has 3 aromatic rings. The number of aryl methyl sites for hydroxylation is 1. The Morgan fingerprint density at radius 2 is 1.59 bits per heavy atom. The van der Waals surface area contributed by atoms with E-state index >= 15 is 14.4 Å². The lowest BCUT2D eigenvalue weighted by atomic mass is 9.30. The molecule has 16 atom stereocenters. The van der Waals surface area contributed by atoms with Crippen LogP contribution < -0.4 is 5.32 Å². The van der Waals surface area contributed by atoms with E-state index in [0.717, 1.165) is 88.5 Å². The van der Waals surface area contributed by atoms with E-state index in [-0.39, 0.29) is 35.3 Å². The van der Waals surface area contributed by atoms with Crippen LogP contribution in [0.5, 0.6) is 0 Å². The number of aromatic amines is 1. The van der Waals surface area contributed by atoms with Gasteiger partial charge in [0, 0.05) is 92.1 Å². The Morgan fingerprint density at radius 3 is 2.31 bits per heavy atom. The maximum absolute atomic E-state index is 15.9. The number of carbonyl (C=O) groups excluding carboxylic acids is 3. The first kappa shape index (κ1) is 54.4. The summed E-state index contributed by atoms with van der Waals surface area (Å²) in [5.41, 5.74) is 6.60. The van der Waals surface area contributed by atoms with Gasteiger partial charge in [-0.15, -0.1) is 0 Å². The average molecular weight is 1100 g/mol. The van der Waals surface area contributed by atoms with Gasteiger partial charge in [-0.25, -0.2) is 0 Å². The van der Waals surface area contributed by atoms with Gasteiger partial charge in [0.15, 0.2) is 5.78 Å². The fraction of sp³-hybridized carbons (Fsp3) is 0.750. The molecule has 14 rings (SSSR count). The minimum atomic E-state index is -1.03. The number of benzene rings is 1. The molecule has 1 aromatic carbocycles. The summed E-state index contributed by atoms with van der Waals surface area (Å²) in [7, 11) is 1.96. The predicted octanol–water partition coefficient (Wildman–Crippen LogP) is 10.1. The molecule has 3 aliphatic heterocycles. The lowest BCUT2D eigenvalue weighted by molar-refractivity contribution is -0.262. The number of hydrogen-bond acceptors (Lipinski definition) is 10. The quantitative estimate of drug-likeness (QED) is 0.119. The zero-order valence-electron chi connectivity index (χ0n) is 49.5. The standard InChI is InChI=1S/C68H93N3O9/c1-61(2)60(80-61)49(75)31-62(3)20-17-38-34-70-56-45(52-44-29-43-40-12-10-9-11-37(40)13-14-41(43)53(42(44)15-16-47(52)73)68(78)24-27-79-28-25-68)35-71(57(38)56)36-46-54-55(62)48(74)32-65(54,6)64(5)21-19-50-63(4,23-26-69-8)51(76)33-67(22-18-39(72)30-67)66(50,7)59(64)58(46)77/h29,34-35,37,39-40,46,49-50,52,58-60,69-70,72,75,77-78H,9-28,30-33,36H2,1-8H3. The van der Waals surface area contributed by atoms with Crippen molar-refractivity contribution >= 4 is 28.4 Å². The Balaban J connectivity index is 0.972. The summed E-state index contributed by atoms with van der Waals surface area (Å²) in [6.07, 6.45) is 17.1. The number of ether oxygens (including phenoxy) is 2. The Morgan fingerprint density at radius 1 is 0.838 bits per heavy atom. The van der Waals surface area contributed by atoms with E-state index < -0.39 is 73.8 Å². The molecule has 2 aromatic heterocycles. The highest BCUT2D eigenvalue weighted by atomic mass is 16.6. The van der Waals surface area contributed by atoms with Crippen LogP contribution in [0.25, 0.3) is 11.0 Å². The van der Waals surface area contributed by atoms with Crippen LogP contribution in [0, 0.1) is 56.2 Å². The minimum Gasteiger partial charge on any atom is -0.393 e. The largest absolute Gasteiger partial charge is 0.393 e. The lowest BCUT2D eigenvalue weighted by Gasteiger charge is -2.74. The third-order valence-corrected chi connectivity index (χ3v) is 26.4. The van der Waals surface area contributed by atoms with Gasteiger partial charge in [-0.3, -0.25) is 14.4 Å². The van der Waals surface area contributed by atoms with Crippen LogP contribution in [0.4, 0.5) is 0 Å². The molecule has 12 heteroatoms. The number of H-pyrrole nitrogens is 1. The molecule has 1 spiro atoms. The Hall–Kier alpha value is -3.49. The number of aliphatic hydroxyl groups is 4. The van der Waals surface area contributed by atoms with Gasteiger partial charge in [-0.2, -0.15) is 0 Å². The average Bonchev–Trinajstić information content (AvgIpc) is 2.55. The Bertz CT molecular complexity index is 3120. The van der Waals surface area contributed by atoms with E-state index in [1.807, 2.05) is 20.9 Å². The second kappa shape index (κ2) is 18.3. The number of carbonyl (C=O) groups is 3. The van der Waals surface area contributed by atoms with Gasteiger partial charge < -0.3 is 44.8 Å². The SMILES string of the molecule is CNCCC1(C)C(=O)CC2(CCC(O)C2)C2(C)C1CCC1(C)C2C(O)C2Cn3cc(C4C(=O)CCc5c4cc4c(c5C5(O)CCOCC5)CCC5CCCCC45)c4[nH]cc(c43)CCC(C)(CC(O)C3OC3(C)C)C3=C2C1(C)CC3=O. The maximum Gasteiger partial charge on any atom is 0.160 e. The molecule has 434 valence electrons. The number of nitrogens with one attached hydrogen (secondary N) is 2. The number of epoxide rings is 1. The van der Waals surface area contributed by atoms with Gasteiger partial charge >= 0.3 is 0 Å². The van der Waals surface area contributed by atoms with E-state index in [1.54, 1.807) is 0 Å². The highest BCUT2D eigenvalue weighted by Crippen LogP contribution is 2.80. The highest BCUT2D eigenvalue weighted by Gasteiger charge is 2.78. The number of ketones is 3. The van der Waals surface area contributed by atoms with E-state index in [2.05, 4.69) is 67.9 Å². The third-order valence-electron chi connectivity index (χ3n) is 26.4. The van der Waals surface area contributed by atoms with Gasteiger partial charge in [0.05, 0.1) is 46.5 Å². The number of fused-ring (bicyclic) bond motifs is 9. The summed E-state index contributed by atoms with van der Waals surface area (Å²) in [5, 5.41) is 54.7. The highest BCUT2D eigenvalue weighted by molar-refractivity contribution is 6.02. The van der Waals surface area contributed by atoms with Crippen LogP contribution in [0.2, 0.25) is 0 Å². The van der Waals surface area contributed by atoms with E-state index in [0.29, 0.717) is 115 Å². The molecule has 0 radical (unpaired) electrons. The van der Waals surface area contributed by atoms with Crippen molar-refractivity contribution in [1.29, 1.82) is 0 Å². The number of rotatable bonds is 8. The molecule has 5 heterocycles. The molecule has 2 saturated heterocycles. The fourth-order valence-corrected chi connectivity index (χ4v) is 22.3. The van der Waals surface area contributed by atoms with Gasteiger partial charge in [0.2, 0.25) is 0 Å². The van der Waals surface area contributed by atoms with Crippen molar-refractivity contribution in [3.05, 3.63) is 68.6 Å². The van der Waals surface area contributed by atoms with E-state index in [9.17, 15) is 20.4 Å². The number of allylic oxidation sites excluding steroid dienone is 1. The van der Waals surface area contributed by atoms with E-state index in [1.165, 1.54) is 30.4 Å². The van der Waals surface area contributed by atoms with Crippen molar-refractivity contribution in [2.75, 3.05) is 26.8 Å². The molecule has 5 saturated carbocycles. The number of hydrogen-bond donors (Lipinski definition) is 6. The normalized spacial score (nSPS) is 42.9. The molecule has 80 heavy (non-hydrogen) atoms. The molecule has 8 aliphatic carbocycles.